The van der Waals surface area contributed by atoms with E-state index in [4.69, 9.17) is 16.3 Å². The van der Waals surface area contributed by atoms with Gasteiger partial charge in [0.05, 0.1) is 32.4 Å². The lowest BCUT2D eigenvalue weighted by molar-refractivity contribution is -0.136. The monoisotopic (exact) mass is 717 g/mol. The lowest BCUT2D eigenvalue weighted by atomic mass is 10.0. The molecule has 42 heavy (non-hydrogen) atoms. The molecule has 0 spiro atoms. The van der Waals surface area contributed by atoms with Crippen LogP contribution in [0.2, 0.25) is 5.02 Å². The third-order valence-electron chi connectivity index (χ3n) is 6.12. The molecule has 1 heterocycles. The Morgan fingerprint density at radius 1 is 0.952 bits per heavy atom. The van der Waals surface area contributed by atoms with Crippen LogP contribution in [0.4, 0.5) is 13.2 Å². The van der Waals surface area contributed by atoms with Crippen LogP contribution in [-0.2, 0) is 6.18 Å². The fourth-order valence-electron chi connectivity index (χ4n) is 4.30. The number of hydrogen-bond donors (Lipinski definition) is 2. The summed E-state index contributed by atoms with van der Waals surface area (Å²) in [5.74, 6) is -1.39. The lowest BCUT2D eigenvalue weighted by Crippen LogP contribution is -2.19. The molecule has 2 N–H and O–H groups in total. The molecule has 0 saturated heterocycles. The van der Waals surface area contributed by atoms with Gasteiger partial charge < -0.3 is 9.72 Å². The average molecular weight is 720 g/mol. The molecule has 0 bridgehead atoms. The molecule has 0 aliphatic carbocycles. The van der Waals surface area contributed by atoms with Crippen molar-refractivity contribution in [3.63, 3.8) is 0 Å². The van der Waals surface area contributed by atoms with E-state index in [0.29, 0.717) is 25.6 Å². The second kappa shape index (κ2) is 12.1. The molecular weight excluding hydrogens is 703 g/mol. The highest BCUT2D eigenvalue weighted by molar-refractivity contribution is 9.11. The molecule has 12 heteroatoms. The molecule has 0 unspecified atom stereocenters. The van der Waals surface area contributed by atoms with Gasteiger partial charge in [0.15, 0.2) is 5.75 Å². The topological polar surface area (TPSA) is 83.5 Å². The van der Waals surface area contributed by atoms with Gasteiger partial charge in [0.1, 0.15) is 5.69 Å². The van der Waals surface area contributed by atoms with E-state index in [1.165, 1.54) is 24.4 Å². The maximum Gasteiger partial charge on any atom is 0.418 e. The maximum absolute atomic E-state index is 13.8. The van der Waals surface area contributed by atoms with Crippen molar-refractivity contribution in [2.45, 2.75) is 6.18 Å². The molecule has 4 aromatic carbocycles. The summed E-state index contributed by atoms with van der Waals surface area (Å²) in [5.41, 5.74) is 2.43. The Bertz CT molecular complexity index is 1860. The van der Waals surface area contributed by atoms with Gasteiger partial charge in [-0.3, -0.25) is 4.79 Å². The number of amides is 1. The minimum atomic E-state index is -4.64. The van der Waals surface area contributed by atoms with Gasteiger partial charge >= 0.3 is 12.1 Å². The van der Waals surface area contributed by atoms with Crippen LogP contribution < -0.4 is 10.2 Å². The summed E-state index contributed by atoms with van der Waals surface area (Å²) in [6, 6.07) is 22.0. The van der Waals surface area contributed by atoms with Crippen molar-refractivity contribution in [1.82, 2.24) is 10.4 Å². The number of hydrogen-bond acceptors (Lipinski definition) is 4. The highest BCUT2D eigenvalue weighted by Gasteiger charge is 2.34. The molecule has 1 aromatic heterocycles. The number of carbonyl (C=O) groups excluding carboxylic acids is 2. The van der Waals surface area contributed by atoms with Crippen LogP contribution in [0.5, 0.6) is 5.75 Å². The molecule has 0 aliphatic heterocycles. The Morgan fingerprint density at radius 3 is 2.38 bits per heavy atom. The number of rotatable bonds is 6. The molecule has 5 aromatic rings. The predicted molar refractivity (Wildman–Crippen MR) is 162 cm³/mol. The number of halogens is 6. The zero-order valence-corrected chi connectivity index (χ0v) is 25.0. The van der Waals surface area contributed by atoms with E-state index in [9.17, 15) is 22.8 Å². The summed E-state index contributed by atoms with van der Waals surface area (Å²) in [7, 11) is 0. The Balaban J connectivity index is 1.49. The van der Waals surface area contributed by atoms with Gasteiger partial charge in [-0.2, -0.15) is 18.3 Å². The molecular formula is C30H17Br2ClF3N3O3. The number of nitrogens with one attached hydrogen (secondary N) is 2. The zero-order valence-electron chi connectivity index (χ0n) is 21.1. The van der Waals surface area contributed by atoms with Crippen LogP contribution in [0.1, 0.15) is 32.0 Å². The van der Waals surface area contributed by atoms with Crippen molar-refractivity contribution >= 4 is 72.5 Å². The number of aromatic nitrogens is 1. The van der Waals surface area contributed by atoms with Gasteiger partial charge in [-0.05, 0) is 51.8 Å². The molecule has 0 atom stereocenters. The summed E-state index contributed by atoms with van der Waals surface area (Å²) in [6.07, 6.45) is -3.40. The van der Waals surface area contributed by atoms with Gasteiger partial charge in [-0.1, -0.05) is 82.1 Å². The number of esters is 1. The van der Waals surface area contributed by atoms with E-state index in [0.717, 1.165) is 6.07 Å². The minimum Gasteiger partial charge on any atom is -0.421 e. The Hall–Kier alpha value is -3.93. The fraction of sp³-hybridized carbons (Fsp3) is 0.0333. The van der Waals surface area contributed by atoms with Crippen LogP contribution in [0.3, 0.4) is 0 Å². The van der Waals surface area contributed by atoms with Crippen molar-refractivity contribution < 1.29 is 27.5 Å². The van der Waals surface area contributed by atoms with Crippen molar-refractivity contribution in [2.24, 2.45) is 5.10 Å². The highest BCUT2D eigenvalue weighted by Crippen LogP contribution is 2.40. The van der Waals surface area contributed by atoms with E-state index in [1.807, 2.05) is 0 Å². The Morgan fingerprint density at radius 2 is 1.67 bits per heavy atom. The Labute approximate surface area is 258 Å². The van der Waals surface area contributed by atoms with Gasteiger partial charge in [0.25, 0.3) is 5.91 Å². The second-order valence-electron chi connectivity index (χ2n) is 8.84. The number of carbonyl (C=O) groups is 2. The second-order valence-corrected chi connectivity index (χ2v) is 11.0. The molecule has 0 fully saturated rings. The van der Waals surface area contributed by atoms with Crippen LogP contribution in [0.25, 0.3) is 22.0 Å². The first-order valence-electron chi connectivity index (χ1n) is 12.1. The van der Waals surface area contributed by atoms with Crippen LogP contribution in [-0.4, -0.2) is 23.1 Å². The number of fused-ring (bicyclic) bond motifs is 1. The lowest BCUT2D eigenvalue weighted by Gasteiger charge is -2.11. The van der Waals surface area contributed by atoms with E-state index in [1.54, 1.807) is 60.7 Å². The largest absolute Gasteiger partial charge is 0.421 e. The molecule has 5 rings (SSSR count). The molecule has 0 aliphatic rings. The molecule has 1 amide bonds. The van der Waals surface area contributed by atoms with E-state index >= 15 is 0 Å². The number of ether oxygens (including phenoxy) is 1. The number of para-hydroxylation sites is 1. The average Bonchev–Trinajstić information content (AvgIpc) is 3.34. The molecule has 0 radical (unpaired) electrons. The number of aromatic amines is 1. The van der Waals surface area contributed by atoms with Crippen LogP contribution >= 0.6 is 43.5 Å². The first-order valence-corrected chi connectivity index (χ1v) is 14.1. The smallest absolute Gasteiger partial charge is 0.418 e. The number of nitrogens with zero attached hydrogens (tertiary/aromatic N) is 1. The first-order chi connectivity index (χ1) is 20.0. The maximum atomic E-state index is 13.8. The quantitative estimate of drug-likeness (QED) is 0.0796. The number of alkyl halides is 3. The summed E-state index contributed by atoms with van der Waals surface area (Å²) in [4.78, 5) is 28.8. The summed E-state index contributed by atoms with van der Waals surface area (Å²) >= 11 is 12.9. The standard InChI is InChI=1S/C30H17Br2ClF3N3O3/c31-18-13-17(27(22(32)14-18)42-29(41)19-9-4-5-12-23(19)33)15-37-39-28(40)26-24(16-7-2-1-3-8-16)20-10-6-11-21(25(20)38-26)30(34,35)36/h1-15,38H,(H,39,40). The molecule has 0 saturated carbocycles. The Kier molecular flexibility index (Phi) is 8.53. The van der Waals surface area contributed by atoms with Crippen LogP contribution in [0.15, 0.2) is 99.0 Å². The number of benzene rings is 4. The van der Waals surface area contributed by atoms with Crippen molar-refractivity contribution in [1.29, 1.82) is 0 Å². The third kappa shape index (κ3) is 6.13. The normalized spacial score (nSPS) is 11.7. The van der Waals surface area contributed by atoms with E-state index < -0.39 is 23.6 Å². The van der Waals surface area contributed by atoms with Gasteiger partial charge in [-0.25, -0.2) is 10.2 Å². The molecule has 212 valence electrons. The minimum absolute atomic E-state index is 0.103. The summed E-state index contributed by atoms with van der Waals surface area (Å²) in [6.45, 7) is 0. The fourth-order valence-corrected chi connectivity index (χ4v) is 5.86. The van der Waals surface area contributed by atoms with E-state index in [-0.39, 0.29) is 32.9 Å². The third-order valence-corrected chi connectivity index (χ3v) is 7.50. The number of hydrazone groups is 1. The highest BCUT2D eigenvalue weighted by atomic mass is 79.9. The van der Waals surface area contributed by atoms with Crippen molar-refractivity contribution in [2.75, 3.05) is 0 Å². The van der Waals surface area contributed by atoms with Gasteiger partial charge in [0.2, 0.25) is 0 Å². The summed E-state index contributed by atoms with van der Waals surface area (Å²) in [5, 5.41) is 4.45. The van der Waals surface area contributed by atoms with Crippen molar-refractivity contribution in [3.05, 3.63) is 121 Å². The SMILES string of the molecule is O=C(Oc1c(Br)cc(Br)cc1C=NNC(=O)c1[nH]c2c(C(F)(F)F)cccc2c1-c1ccccc1)c1ccccc1Cl. The van der Waals surface area contributed by atoms with E-state index in [2.05, 4.69) is 47.4 Å². The van der Waals surface area contributed by atoms with Gasteiger partial charge in [0, 0.05) is 21.0 Å². The van der Waals surface area contributed by atoms with Crippen LogP contribution in [0, 0.1) is 0 Å². The first kappa shape index (κ1) is 29.6. The zero-order chi connectivity index (χ0) is 30.0. The van der Waals surface area contributed by atoms with Crippen molar-refractivity contribution in [3.8, 4) is 16.9 Å². The van der Waals surface area contributed by atoms with Gasteiger partial charge in [-0.15, -0.1) is 0 Å². The predicted octanol–water partition coefficient (Wildman–Crippen LogP) is 9.02. The number of H-pyrrole nitrogens is 1. The summed E-state index contributed by atoms with van der Waals surface area (Å²) < 4.78 is 48.0. The molecule has 6 nitrogen and oxygen atoms in total.